The second kappa shape index (κ2) is 20.8. The Kier molecular flexibility index (Phi) is 16.5. The van der Waals surface area contributed by atoms with E-state index in [9.17, 15) is 14.4 Å². The van der Waals surface area contributed by atoms with Crippen LogP contribution in [0.4, 0.5) is 0 Å². The van der Waals surface area contributed by atoms with Crippen LogP contribution >= 0.6 is 34.0 Å². The molecule has 0 fully saturated rings. The molecule has 0 radical (unpaired) electrons. The van der Waals surface area contributed by atoms with E-state index < -0.39 is 0 Å². The van der Waals surface area contributed by atoms with Gasteiger partial charge in [0.2, 0.25) is 0 Å². The Morgan fingerprint density at radius 3 is 1.83 bits per heavy atom. The maximum atomic E-state index is 14.1. The third-order valence-electron chi connectivity index (χ3n) is 12.0. The molecule has 0 saturated heterocycles. The minimum Gasteiger partial charge on any atom is -0.465 e. The van der Waals surface area contributed by atoms with Crippen molar-refractivity contribution in [2.24, 2.45) is 5.92 Å². The fourth-order valence-corrected chi connectivity index (χ4v) is 12.4. The van der Waals surface area contributed by atoms with Gasteiger partial charge in [-0.3, -0.25) is 19.3 Å². The van der Waals surface area contributed by atoms with Crippen LogP contribution in [0.5, 0.6) is 0 Å². The highest BCUT2D eigenvalue weighted by Crippen LogP contribution is 2.61. The van der Waals surface area contributed by atoms with Gasteiger partial charge >= 0.3 is 5.97 Å². The van der Waals surface area contributed by atoms with Crippen LogP contribution in [-0.4, -0.2) is 35.8 Å². The molecule has 2 aliphatic rings. The molecule has 0 aromatic carbocycles. The number of carbonyl (C=O) groups excluding carboxylic acids is 3. The predicted molar refractivity (Wildman–Crippen MR) is 231 cm³/mol. The van der Waals surface area contributed by atoms with E-state index in [2.05, 4.69) is 32.9 Å². The van der Waals surface area contributed by atoms with Crippen molar-refractivity contribution in [2.45, 2.75) is 182 Å². The minimum absolute atomic E-state index is 0.0331. The van der Waals surface area contributed by atoms with Crippen molar-refractivity contribution in [2.75, 3.05) is 13.2 Å². The van der Waals surface area contributed by atoms with Gasteiger partial charge in [0.25, 0.3) is 11.8 Å². The van der Waals surface area contributed by atoms with Crippen LogP contribution in [-0.2, 0) is 14.9 Å². The van der Waals surface area contributed by atoms with Crippen molar-refractivity contribution in [1.29, 1.82) is 0 Å². The van der Waals surface area contributed by atoms with Crippen molar-refractivity contribution in [1.82, 2.24) is 4.90 Å². The number of ether oxygens (including phenoxy) is 1. The standard InChI is InChI=1S/C46H67NO4S3/c1-7-10-12-14-18-22-26-46(27-23-19-15-13-11-8-2)35-30-33(5)52-40(35)41-36(46)31-37(54-41)42-39-38(34(6)53-42)43(48)47(44(39)49)28-24-20-16-17-21-25-29-51-45(50)32(4)9-3/h30-32H,7-29H2,1-6H3. The summed E-state index contributed by atoms with van der Waals surface area (Å²) in [5, 5.41) is 0. The smallest absolute Gasteiger partial charge is 0.308 e. The summed E-state index contributed by atoms with van der Waals surface area (Å²) in [6, 6.07) is 4.95. The topological polar surface area (TPSA) is 63.7 Å². The molecule has 8 heteroatoms. The third kappa shape index (κ3) is 9.80. The van der Waals surface area contributed by atoms with Gasteiger partial charge in [0, 0.05) is 36.3 Å². The second-order valence-corrected chi connectivity index (χ2v) is 19.7. The molecule has 1 aliphatic carbocycles. The number of hydrogen-bond donors (Lipinski definition) is 0. The largest absolute Gasteiger partial charge is 0.465 e. The zero-order valence-electron chi connectivity index (χ0n) is 34.3. The molecule has 1 atom stereocenters. The van der Waals surface area contributed by atoms with Gasteiger partial charge in [0.05, 0.1) is 28.5 Å². The number of carbonyl (C=O) groups is 3. The molecule has 4 heterocycles. The lowest BCUT2D eigenvalue weighted by molar-refractivity contribution is -0.148. The quantitative estimate of drug-likeness (QED) is 0.0461. The number of unbranched alkanes of at least 4 members (excludes halogenated alkanes) is 15. The van der Waals surface area contributed by atoms with Crippen LogP contribution < -0.4 is 0 Å². The van der Waals surface area contributed by atoms with E-state index in [1.54, 1.807) is 16.9 Å². The number of rotatable bonds is 26. The molecule has 0 N–H and O–H groups in total. The third-order valence-corrected chi connectivity index (χ3v) is 15.6. The minimum atomic E-state index is -0.112. The Labute approximate surface area is 338 Å². The Morgan fingerprint density at radius 1 is 0.667 bits per heavy atom. The first-order valence-electron chi connectivity index (χ1n) is 21.6. The van der Waals surface area contributed by atoms with Crippen molar-refractivity contribution in [3.05, 3.63) is 44.1 Å². The molecule has 0 bridgehead atoms. The first-order valence-corrected chi connectivity index (χ1v) is 24.1. The summed E-state index contributed by atoms with van der Waals surface area (Å²) >= 11 is 5.46. The highest BCUT2D eigenvalue weighted by Gasteiger charge is 2.46. The van der Waals surface area contributed by atoms with Gasteiger partial charge in [0.15, 0.2) is 0 Å². The Morgan fingerprint density at radius 2 is 1.20 bits per heavy atom. The number of fused-ring (bicyclic) bond motifs is 4. The molecule has 54 heavy (non-hydrogen) atoms. The predicted octanol–water partition coefficient (Wildman–Crippen LogP) is 14.4. The number of imide groups is 1. The summed E-state index contributed by atoms with van der Waals surface area (Å²) in [7, 11) is 0. The van der Waals surface area contributed by atoms with Crippen LogP contribution in [0.25, 0.3) is 19.5 Å². The highest BCUT2D eigenvalue weighted by atomic mass is 32.1. The maximum absolute atomic E-state index is 14.1. The number of thiophene rings is 3. The van der Waals surface area contributed by atoms with Crippen molar-refractivity contribution < 1.29 is 19.1 Å². The molecule has 0 saturated carbocycles. The summed E-state index contributed by atoms with van der Waals surface area (Å²) in [4.78, 5) is 48.6. The molecule has 2 amide bonds. The van der Waals surface area contributed by atoms with Gasteiger partial charge in [-0.05, 0) is 69.2 Å². The normalized spacial score (nSPS) is 14.9. The van der Waals surface area contributed by atoms with E-state index in [1.165, 1.54) is 120 Å². The first-order chi connectivity index (χ1) is 26.2. The number of esters is 1. The SMILES string of the molecule is CCCCCCCCC1(CCCCCCCC)c2cc(C)sc2-c2sc(-c3sc(C)c4c3C(=O)N(CCCCCCCCOC(=O)C(C)CC)C4=O)cc21. The van der Waals surface area contributed by atoms with E-state index in [4.69, 9.17) is 4.74 Å². The molecule has 1 unspecified atom stereocenters. The Hall–Kier alpha value is -2.29. The second-order valence-electron chi connectivity index (χ2n) is 16.2. The lowest BCUT2D eigenvalue weighted by Gasteiger charge is -2.31. The van der Waals surface area contributed by atoms with Crippen molar-refractivity contribution >= 4 is 51.8 Å². The van der Waals surface area contributed by atoms with Crippen LogP contribution in [0, 0.1) is 19.8 Å². The molecule has 1 aliphatic heterocycles. The van der Waals surface area contributed by atoms with Crippen molar-refractivity contribution in [3.8, 4) is 19.5 Å². The first kappa shape index (κ1) is 42.8. The number of aryl methyl sites for hydroxylation is 2. The molecule has 5 rings (SSSR count). The average Bonchev–Trinajstić information content (AvgIpc) is 3.95. The molecule has 5 nitrogen and oxygen atoms in total. The lowest BCUT2D eigenvalue weighted by Crippen LogP contribution is -2.31. The average molecular weight is 794 g/mol. The summed E-state index contributed by atoms with van der Waals surface area (Å²) in [6.45, 7) is 13.7. The number of amides is 2. The molecule has 298 valence electrons. The van der Waals surface area contributed by atoms with Gasteiger partial charge in [-0.2, -0.15) is 0 Å². The van der Waals surface area contributed by atoms with Crippen molar-refractivity contribution in [3.63, 3.8) is 0 Å². The van der Waals surface area contributed by atoms with E-state index in [-0.39, 0.29) is 29.1 Å². The zero-order valence-corrected chi connectivity index (χ0v) is 36.7. The van der Waals surface area contributed by atoms with E-state index in [1.807, 2.05) is 43.4 Å². The van der Waals surface area contributed by atoms with E-state index >= 15 is 0 Å². The fraction of sp³-hybridized carbons (Fsp3) is 0.674. The van der Waals surface area contributed by atoms with Crippen LogP contribution in [0.2, 0.25) is 0 Å². The van der Waals surface area contributed by atoms with Gasteiger partial charge in [-0.1, -0.05) is 130 Å². The van der Waals surface area contributed by atoms with Gasteiger partial charge < -0.3 is 4.74 Å². The van der Waals surface area contributed by atoms with Gasteiger partial charge in [-0.25, -0.2) is 0 Å². The lowest BCUT2D eigenvalue weighted by atomic mass is 9.71. The number of hydrogen-bond acceptors (Lipinski definition) is 7. The molecule has 0 spiro atoms. The van der Waals surface area contributed by atoms with Gasteiger partial charge in [0.1, 0.15) is 0 Å². The fourth-order valence-electron chi connectivity index (χ4n) is 8.59. The van der Waals surface area contributed by atoms with Crippen LogP contribution in [0.3, 0.4) is 0 Å². The molecular formula is C46H67NO4S3. The highest BCUT2D eigenvalue weighted by molar-refractivity contribution is 7.27. The van der Waals surface area contributed by atoms with Gasteiger partial charge in [-0.15, -0.1) is 34.0 Å². The Bertz CT molecular complexity index is 1680. The van der Waals surface area contributed by atoms with Crippen LogP contribution in [0.15, 0.2) is 12.1 Å². The summed E-state index contributed by atoms with van der Waals surface area (Å²) in [5.74, 6) is -0.350. The molecule has 3 aromatic heterocycles. The monoisotopic (exact) mass is 793 g/mol. The van der Waals surface area contributed by atoms with E-state index in [0.717, 1.165) is 54.7 Å². The zero-order chi connectivity index (χ0) is 38.7. The maximum Gasteiger partial charge on any atom is 0.308 e. The van der Waals surface area contributed by atoms with Crippen LogP contribution in [0.1, 0.15) is 204 Å². The molecule has 3 aromatic rings. The summed E-state index contributed by atoms with van der Waals surface area (Å²) < 4.78 is 5.37. The Balaban J connectivity index is 1.28. The molecular weight excluding hydrogens is 727 g/mol. The number of nitrogens with zero attached hydrogens (tertiary/aromatic N) is 1. The van der Waals surface area contributed by atoms with E-state index in [0.29, 0.717) is 24.3 Å². The summed E-state index contributed by atoms with van der Waals surface area (Å²) in [6.07, 6.45) is 24.6. The summed E-state index contributed by atoms with van der Waals surface area (Å²) in [5.41, 5.74) is 4.38.